The molecule has 1 fully saturated rings. The predicted molar refractivity (Wildman–Crippen MR) is 72.1 cm³/mol. The molecule has 0 bridgehead atoms. The highest BCUT2D eigenvalue weighted by Gasteiger charge is 2.28. The molecule has 1 heterocycles. The second kappa shape index (κ2) is 5.91. The summed E-state index contributed by atoms with van der Waals surface area (Å²) in [6.07, 6.45) is 2.70. The van der Waals surface area contributed by atoms with Gasteiger partial charge < -0.3 is 5.11 Å². The molecule has 5 heteroatoms. The van der Waals surface area contributed by atoms with Crippen molar-refractivity contribution in [3.05, 3.63) is 33.8 Å². The van der Waals surface area contributed by atoms with Crippen molar-refractivity contribution in [3.8, 4) is 0 Å². The summed E-state index contributed by atoms with van der Waals surface area (Å²) in [5.41, 5.74) is 0.886. The fourth-order valence-electron chi connectivity index (χ4n) is 2.35. The summed E-state index contributed by atoms with van der Waals surface area (Å²) in [6, 6.07) is 5.05. The summed E-state index contributed by atoms with van der Waals surface area (Å²) in [4.78, 5) is 13.2. The number of nitrogens with zero attached hydrogens (tertiary/aromatic N) is 1. The van der Waals surface area contributed by atoms with E-state index in [2.05, 4.69) is 0 Å². The Balaban J connectivity index is 2.16. The zero-order chi connectivity index (χ0) is 13.1. The maximum Gasteiger partial charge on any atom is 0.320 e. The first-order valence-electron chi connectivity index (χ1n) is 5.99. The molecule has 1 unspecified atom stereocenters. The number of carboxylic acids is 1. The number of benzene rings is 1. The summed E-state index contributed by atoms with van der Waals surface area (Å²) in [5, 5.41) is 10.2. The molecule has 1 N–H and O–H groups in total. The maximum absolute atomic E-state index is 11.2. The molecule has 1 aliphatic rings. The maximum atomic E-state index is 11.2. The van der Waals surface area contributed by atoms with Gasteiger partial charge in [0.05, 0.1) is 10.0 Å². The molecular weight excluding hydrogens is 273 g/mol. The second-order valence-corrected chi connectivity index (χ2v) is 5.32. The first kappa shape index (κ1) is 13.7. The van der Waals surface area contributed by atoms with Gasteiger partial charge in [-0.2, -0.15) is 0 Å². The Morgan fingerprint density at radius 1 is 1.39 bits per heavy atom. The summed E-state index contributed by atoms with van der Waals surface area (Å²) in [7, 11) is 0. The van der Waals surface area contributed by atoms with Crippen LogP contribution in [0.2, 0.25) is 10.0 Å². The molecule has 1 aromatic carbocycles. The van der Waals surface area contributed by atoms with Crippen LogP contribution in [-0.2, 0) is 11.3 Å². The quantitative estimate of drug-likeness (QED) is 0.926. The van der Waals surface area contributed by atoms with Crippen molar-refractivity contribution < 1.29 is 9.90 Å². The van der Waals surface area contributed by atoms with Gasteiger partial charge in [0.25, 0.3) is 0 Å². The molecular formula is C13H15Cl2NO2. The molecule has 1 aromatic rings. The Labute approximate surface area is 116 Å². The number of hydrogen-bond acceptors (Lipinski definition) is 2. The zero-order valence-corrected chi connectivity index (χ0v) is 11.4. The molecule has 0 radical (unpaired) electrons. The summed E-state index contributed by atoms with van der Waals surface area (Å²) < 4.78 is 0. The number of rotatable bonds is 3. The Kier molecular flexibility index (Phi) is 4.49. The van der Waals surface area contributed by atoms with Crippen LogP contribution in [0, 0.1) is 0 Å². The number of aliphatic carboxylic acids is 1. The Bertz CT molecular complexity index is 451. The van der Waals surface area contributed by atoms with E-state index in [1.165, 1.54) is 0 Å². The Morgan fingerprint density at radius 2 is 2.17 bits per heavy atom. The van der Waals surface area contributed by atoms with Crippen molar-refractivity contribution in [2.24, 2.45) is 0 Å². The lowest BCUT2D eigenvalue weighted by Gasteiger charge is -2.33. The minimum absolute atomic E-state index is 0.409. The van der Waals surface area contributed by atoms with Gasteiger partial charge in [-0.1, -0.05) is 41.8 Å². The number of likely N-dealkylation sites (tertiary alicyclic amines) is 1. The molecule has 0 amide bonds. The van der Waals surface area contributed by atoms with Crippen LogP contribution in [-0.4, -0.2) is 28.6 Å². The van der Waals surface area contributed by atoms with E-state index in [9.17, 15) is 9.90 Å². The third kappa shape index (κ3) is 2.97. The molecule has 0 aromatic heterocycles. The lowest BCUT2D eigenvalue weighted by molar-refractivity contribution is -0.144. The molecule has 1 aliphatic heterocycles. The number of halogens is 2. The van der Waals surface area contributed by atoms with Crippen molar-refractivity contribution in [2.75, 3.05) is 6.54 Å². The molecule has 1 saturated heterocycles. The average Bonchev–Trinajstić information content (AvgIpc) is 2.35. The topological polar surface area (TPSA) is 40.5 Å². The molecule has 1 atom stereocenters. The van der Waals surface area contributed by atoms with Crippen LogP contribution >= 0.6 is 23.2 Å². The summed E-state index contributed by atoms with van der Waals surface area (Å²) in [5.74, 6) is -0.757. The van der Waals surface area contributed by atoms with E-state index in [4.69, 9.17) is 23.2 Å². The van der Waals surface area contributed by atoms with Crippen LogP contribution in [0.15, 0.2) is 18.2 Å². The molecule has 2 rings (SSSR count). The average molecular weight is 288 g/mol. The molecule has 3 nitrogen and oxygen atoms in total. The van der Waals surface area contributed by atoms with Crippen molar-refractivity contribution in [1.29, 1.82) is 0 Å². The smallest absolute Gasteiger partial charge is 0.320 e. The largest absolute Gasteiger partial charge is 0.480 e. The number of hydrogen-bond donors (Lipinski definition) is 1. The lowest BCUT2D eigenvalue weighted by atomic mass is 10.0. The van der Waals surface area contributed by atoms with Gasteiger partial charge in [0, 0.05) is 6.54 Å². The number of carbonyl (C=O) groups is 1. The summed E-state index contributed by atoms with van der Waals surface area (Å²) in [6.45, 7) is 1.33. The van der Waals surface area contributed by atoms with Gasteiger partial charge in [-0.05, 0) is 31.0 Å². The van der Waals surface area contributed by atoms with E-state index < -0.39 is 12.0 Å². The first-order valence-corrected chi connectivity index (χ1v) is 6.75. The minimum atomic E-state index is -0.757. The number of piperidine rings is 1. The highest BCUT2D eigenvalue weighted by atomic mass is 35.5. The lowest BCUT2D eigenvalue weighted by Crippen LogP contribution is -2.44. The monoisotopic (exact) mass is 287 g/mol. The first-order chi connectivity index (χ1) is 8.59. The van der Waals surface area contributed by atoms with Gasteiger partial charge in [-0.3, -0.25) is 9.69 Å². The Hall–Kier alpha value is -0.770. The van der Waals surface area contributed by atoms with Crippen molar-refractivity contribution in [1.82, 2.24) is 4.90 Å². The predicted octanol–water partition coefficient (Wildman–Crippen LogP) is 3.43. The highest BCUT2D eigenvalue weighted by Crippen LogP contribution is 2.28. The van der Waals surface area contributed by atoms with Gasteiger partial charge in [0.15, 0.2) is 0 Å². The van der Waals surface area contributed by atoms with Crippen molar-refractivity contribution >= 4 is 29.2 Å². The molecule has 0 aliphatic carbocycles. The molecule has 0 saturated carbocycles. The van der Waals surface area contributed by atoms with Crippen molar-refractivity contribution in [3.63, 3.8) is 0 Å². The molecule has 0 spiro atoms. The normalized spacial score (nSPS) is 20.9. The van der Waals surface area contributed by atoms with Crippen molar-refractivity contribution in [2.45, 2.75) is 31.8 Å². The van der Waals surface area contributed by atoms with E-state index >= 15 is 0 Å². The van der Waals surface area contributed by atoms with Gasteiger partial charge in [-0.15, -0.1) is 0 Å². The van der Waals surface area contributed by atoms with Gasteiger partial charge in [0.1, 0.15) is 6.04 Å². The van der Waals surface area contributed by atoms with E-state index in [-0.39, 0.29) is 0 Å². The molecule has 18 heavy (non-hydrogen) atoms. The van der Waals surface area contributed by atoms with E-state index in [0.29, 0.717) is 23.0 Å². The highest BCUT2D eigenvalue weighted by molar-refractivity contribution is 6.42. The number of carboxylic acid groups (broad SMARTS) is 1. The van der Waals surface area contributed by atoms with E-state index in [0.717, 1.165) is 24.9 Å². The Morgan fingerprint density at radius 3 is 2.89 bits per heavy atom. The molecule has 98 valence electrons. The third-order valence-electron chi connectivity index (χ3n) is 3.30. The van der Waals surface area contributed by atoms with Gasteiger partial charge in [-0.25, -0.2) is 0 Å². The van der Waals surface area contributed by atoms with Crippen LogP contribution in [0.3, 0.4) is 0 Å². The summed E-state index contributed by atoms with van der Waals surface area (Å²) >= 11 is 12.1. The van der Waals surface area contributed by atoms with Gasteiger partial charge in [0.2, 0.25) is 0 Å². The zero-order valence-electron chi connectivity index (χ0n) is 9.90. The third-order valence-corrected chi connectivity index (χ3v) is 4.16. The van der Waals surface area contributed by atoms with E-state index in [1.807, 2.05) is 17.0 Å². The fourth-order valence-corrected chi connectivity index (χ4v) is 2.73. The standard InChI is InChI=1S/C13H15Cl2NO2/c14-10-5-3-4-9(12(10)15)8-16-7-2-1-6-11(16)13(17)18/h3-5,11H,1-2,6-8H2,(H,17,18). The second-order valence-electron chi connectivity index (χ2n) is 4.53. The van der Waals surface area contributed by atoms with Crippen LogP contribution in [0.25, 0.3) is 0 Å². The van der Waals surface area contributed by atoms with Gasteiger partial charge >= 0.3 is 5.97 Å². The van der Waals surface area contributed by atoms with E-state index in [1.54, 1.807) is 6.07 Å². The SMILES string of the molecule is O=C(O)C1CCCCN1Cc1cccc(Cl)c1Cl. The minimum Gasteiger partial charge on any atom is -0.480 e. The fraction of sp³-hybridized carbons (Fsp3) is 0.462. The van der Waals surface area contributed by atoms with Crippen LogP contribution in [0.4, 0.5) is 0 Å². The van der Waals surface area contributed by atoms with Crippen LogP contribution < -0.4 is 0 Å². The van der Waals surface area contributed by atoms with Crippen LogP contribution in [0.5, 0.6) is 0 Å². The van der Waals surface area contributed by atoms with Crippen LogP contribution in [0.1, 0.15) is 24.8 Å².